The molecule has 0 heterocycles. The van der Waals surface area contributed by atoms with Gasteiger partial charge in [-0.3, -0.25) is 0 Å². The molecule has 1 unspecified atom stereocenters. The molecule has 0 saturated carbocycles. The predicted molar refractivity (Wildman–Crippen MR) is 207 cm³/mol. The number of para-hydroxylation sites is 2. The minimum Gasteiger partial charge on any atom is -0.496 e. The van der Waals surface area contributed by atoms with E-state index >= 15 is 0 Å². The van der Waals surface area contributed by atoms with E-state index < -0.39 is 62.6 Å². The molecule has 0 aromatic heterocycles. The van der Waals surface area contributed by atoms with Gasteiger partial charge in [-0.15, -0.1) is 0 Å². The molecule has 0 radical (unpaired) electrons. The van der Waals surface area contributed by atoms with Gasteiger partial charge in [0.1, 0.15) is 11.5 Å². The standard InChI is InChI=1S/C43H35F9O2P2/c1-26-20-28(41(44,45)46)23-31(21-26)55(32-24-29(42(47,48)49)22-30(25-32)43(50,51)52)27(2)33-13-11-14-34(33)35-12-5-8-17-38(35)56(39-18-9-6-15-36(39)53-3)40-19-10-7-16-37(40)54-4/h5-25,27,33H,1-4H3/t27-,33+,55?/m1/s1. The third-order valence-electron chi connectivity index (χ3n) is 9.51. The van der Waals surface area contributed by atoms with E-state index in [1.54, 1.807) is 33.3 Å². The van der Waals surface area contributed by atoms with Crippen molar-refractivity contribution in [2.75, 3.05) is 14.2 Å². The average Bonchev–Trinajstić information content (AvgIpc) is 3.64. The maximum Gasteiger partial charge on any atom is 0.416 e. The molecule has 0 aliphatic heterocycles. The van der Waals surface area contributed by atoms with Gasteiger partial charge < -0.3 is 9.47 Å². The van der Waals surface area contributed by atoms with Crippen molar-refractivity contribution in [2.24, 2.45) is 5.92 Å². The first-order valence-electron chi connectivity index (χ1n) is 17.2. The normalized spacial score (nSPS) is 15.8. The molecule has 5 aromatic rings. The fourth-order valence-corrected chi connectivity index (χ4v) is 12.7. The number of alkyl halides is 9. The molecule has 56 heavy (non-hydrogen) atoms. The molecule has 5 aromatic carbocycles. The fourth-order valence-electron chi connectivity index (χ4n) is 7.04. The van der Waals surface area contributed by atoms with Crippen LogP contribution < -0.4 is 36.0 Å². The molecular weight excluding hydrogens is 781 g/mol. The van der Waals surface area contributed by atoms with Gasteiger partial charge in [0.25, 0.3) is 0 Å². The van der Waals surface area contributed by atoms with E-state index in [1.807, 2.05) is 78.9 Å². The molecule has 6 rings (SSSR count). The summed E-state index contributed by atoms with van der Waals surface area (Å²) in [6, 6.07) is 27.1. The van der Waals surface area contributed by atoms with Gasteiger partial charge >= 0.3 is 18.5 Å². The summed E-state index contributed by atoms with van der Waals surface area (Å²) in [5.74, 6) is 0.612. The van der Waals surface area contributed by atoms with Gasteiger partial charge in [0.15, 0.2) is 0 Å². The van der Waals surface area contributed by atoms with Gasteiger partial charge in [-0.1, -0.05) is 91.9 Å². The highest BCUT2D eigenvalue weighted by atomic mass is 31.1. The summed E-state index contributed by atoms with van der Waals surface area (Å²) in [4.78, 5) is 0. The van der Waals surface area contributed by atoms with Crippen molar-refractivity contribution in [3.63, 3.8) is 0 Å². The van der Waals surface area contributed by atoms with Crippen molar-refractivity contribution in [3.05, 3.63) is 155 Å². The van der Waals surface area contributed by atoms with Crippen LogP contribution in [0.2, 0.25) is 0 Å². The molecule has 0 fully saturated rings. The summed E-state index contributed by atoms with van der Waals surface area (Å²) in [6.07, 6.45) is -9.72. The Kier molecular flexibility index (Phi) is 11.8. The van der Waals surface area contributed by atoms with E-state index in [1.165, 1.54) is 13.0 Å². The first-order chi connectivity index (χ1) is 26.4. The van der Waals surface area contributed by atoms with E-state index in [9.17, 15) is 39.5 Å². The zero-order chi connectivity index (χ0) is 40.6. The molecule has 292 valence electrons. The number of halogens is 9. The number of hydrogen-bond donors (Lipinski definition) is 0. The second-order valence-corrected chi connectivity index (χ2v) is 17.9. The van der Waals surface area contributed by atoms with Crippen LogP contribution in [0.4, 0.5) is 39.5 Å². The van der Waals surface area contributed by atoms with Gasteiger partial charge in [-0.25, -0.2) is 0 Å². The molecule has 2 nitrogen and oxygen atoms in total. The SMILES string of the molecule is COc1ccccc1P(c1ccccc1OC)c1ccccc1C1=CC=C[C@H]1[C@@H](C)P(c1cc(C)cc(C(F)(F)F)c1)c1cc(C(F)(F)F)cc(C(F)(F)F)c1. The summed E-state index contributed by atoms with van der Waals surface area (Å²) in [5.41, 5.74) is -3.27. The van der Waals surface area contributed by atoms with Crippen LogP contribution >= 0.6 is 15.8 Å². The van der Waals surface area contributed by atoms with Crippen molar-refractivity contribution >= 4 is 47.9 Å². The highest BCUT2D eigenvalue weighted by Gasteiger charge is 2.41. The Bertz CT molecular complexity index is 2200. The highest BCUT2D eigenvalue weighted by molar-refractivity contribution is 7.80. The number of hydrogen-bond acceptors (Lipinski definition) is 2. The number of allylic oxidation sites excluding steroid dienone is 4. The Morgan fingerprint density at radius 3 is 1.52 bits per heavy atom. The lowest BCUT2D eigenvalue weighted by Gasteiger charge is -2.33. The van der Waals surface area contributed by atoms with Crippen LogP contribution in [0, 0.1) is 12.8 Å². The Morgan fingerprint density at radius 1 is 0.571 bits per heavy atom. The van der Waals surface area contributed by atoms with E-state index in [-0.39, 0.29) is 22.2 Å². The first-order valence-corrected chi connectivity index (χ1v) is 20.0. The second kappa shape index (κ2) is 16.1. The number of ether oxygens (including phenoxy) is 2. The zero-order valence-electron chi connectivity index (χ0n) is 30.4. The number of methoxy groups -OCH3 is 2. The van der Waals surface area contributed by atoms with Crippen LogP contribution in [0.1, 0.15) is 34.7 Å². The van der Waals surface area contributed by atoms with E-state index in [0.29, 0.717) is 29.2 Å². The van der Waals surface area contributed by atoms with Gasteiger partial charge in [0.2, 0.25) is 0 Å². The average molecular weight is 817 g/mol. The molecule has 1 aliphatic rings. The fraction of sp³-hybridized carbons (Fsp3) is 0.209. The Hall–Kier alpha value is -4.59. The maximum atomic E-state index is 14.2. The van der Waals surface area contributed by atoms with Crippen molar-refractivity contribution < 1.29 is 49.0 Å². The molecule has 13 heteroatoms. The Morgan fingerprint density at radius 2 is 1.02 bits per heavy atom. The van der Waals surface area contributed by atoms with Crippen LogP contribution in [-0.2, 0) is 18.5 Å². The third-order valence-corrected chi connectivity index (χ3v) is 14.8. The smallest absolute Gasteiger partial charge is 0.416 e. The summed E-state index contributed by atoms with van der Waals surface area (Å²) in [6.45, 7) is 3.09. The van der Waals surface area contributed by atoms with Crippen LogP contribution in [0.5, 0.6) is 11.5 Å². The lowest BCUT2D eigenvalue weighted by molar-refractivity contribution is -0.143. The predicted octanol–water partition coefficient (Wildman–Crippen LogP) is 10.9. The molecule has 1 aliphatic carbocycles. The lowest BCUT2D eigenvalue weighted by Crippen LogP contribution is -2.29. The van der Waals surface area contributed by atoms with Crippen molar-refractivity contribution in [1.29, 1.82) is 0 Å². The largest absolute Gasteiger partial charge is 0.496 e. The van der Waals surface area contributed by atoms with Crippen molar-refractivity contribution in [1.82, 2.24) is 0 Å². The molecule has 0 spiro atoms. The molecule has 0 amide bonds. The van der Waals surface area contributed by atoms with E-state index in [4.69, 9.17) is 9.47 Å². The van der Waals surface area contributed by atoms with Crippen LogP contribution in [0.3, 0.4) is 0 Å². The number of rotatable bonds is 10. The minimum absolute atomic E-state index is 0.00510. The van der Waals surface area contributed by atoms with E-state index in [0.717, 1.165) is 33.6 Å². The lowest BCUT2D eigenvalue weighted by atomic mass is 9.93. The topological polar surface area (TPSA) is 18.5 Å². The Balaban J connectivity index is 1.57. The van der Waals surface area contributed by atoms with Gasteiger partial charge in [0.05, 0.1) is 30.9 Å². The van der Waals surface area contributed by atoms with Crippen LogP contribution in [0.25, 0.3) is 5.57 Å². The highest BCUT2D eigenvalue weighted by Crippen LogP contribution is 2.51. The van der Waals surface area contributed by atoms with Gasteiger partial charge in [0, 0.05) is 16.5 Å². The third kappa shape index (κ3) is 8.54. The van der Waals surface area contributed by atoms with E-state index in [2.05, 4.69) is 0 Å². The second-order valence-electron chi connectivity index (χ2n) is 13.2. The van der Waals surface area contributed by atoms with Crippen molar-refractivity contribution in [2.45, 2.75) is 38.0 Å². The molecule has 3 atom stereocenters. The molecule has 0 bridgehead atoms. The molecule has 0 saturated heterocycles. The van der Waals surface area contributed by atoms with Crippen LogP contribution in [-0.4, -0.2) is 19.9 Å². The zero-order valence-corrected chi connectivity index (χ0v) is 32.2. The molecule has 0 N–H and O–H groups in total. The van der Waals surface area contributed by atoms with Gasteiger partial charge in [-0.2, -0.15) is 39.5 Å². The minimum atomic E-state index is -5.16. The van der Waals surface area contributed by atoms with Crippen LogP contribution in [0.15, 0.2) is 127 Å². The summed E-state index contributed by atoms with van der Waals surface area (Å²) >= 11 is 0. The summed E-state index contributed by atoms with van der Waals surface area (Å²) < 4.78 is 140. The maximum absolute atomic E-state index is 14.2. The van der Waals surface area contributed by atoms with Crippen molar-refractivity contribution in [3.8, 4) is 11.5 Å². The molecular formula is C43H35F9O2P2. The Labute approximate surface area is 321 Å². The summed E-state index contributed by atoms with van der Waals surface area (Å²) in [5, 5.41) is 2.25. The van der Waals surface area contributed by atoms with Gasteiger partial charge in [-0.05, 0) is 104 Å². The quantitative estimate of drug-likeness (QED) is 0.103. The first kappa shape index (κ1) is 41.1. The number of benzene rings is 5. The monoisotopic (exact) mass is 816 g/mol. The summed E-state index contributed by atoms with van der Waals surface area (Å²) in [7, 11) is -0.590. The number of aryl methyl sites for hydroxylation is 1.